The molecular weight excluding hydrogens is 237 g/mol. The van der Waals surface area contributed by atoms with E-state index in [0.717, 1.165) is 0 Å². The fraction of sp³-hybridized carbons (Fsp3) is 0.333. The molecule has 2 heterocycles. The number of hydrogen-bond acceptors (Lipinski definition) is 4. The first kappa shape index (κ1) is 11.0. The number of carbonyl (C=O) groups excluding carboxylic acids is 1. The highest BCUT2D eigenvalue weighted by atomic mass is 19.1. The van der Waals surface area contributed by atoms with Gasteiger partial charge in [-0.05, 0) is 18.6 Å². The number of likely N-dealkylation sites (tertiary alicyclic amines) is 1. The highest BCUT2D eigenvalue weighted by Gasteiger charge is 2.29. The Morgan fingerprint density at radius 3 is 3.11 bits per heavy atom. The van der Waals surface area contributed by atoms with Crippen LogP contribution in [-0.2, 0) is 4.79 Å². The van der Waals surface area contributed by atoms with Crippen LogP contribution in [0, 0.1) is 5.82 Å². The molecule has 1 aromatic carbocycles. The summed E-state index contributed by atoms with van der Waals surface area (Å²) in [6, 6.07) is 4.07. The van der Waals surface area contributed by atoms with Gasteiger partial charge in [0.1, 0.15) is 17.4 Å². The van der Waals surface area contributed by atoms with Crippen LogP contribution >= 0.6 is 0 Å². The lowest BCUT2D eigenvalue weighted by Crippen LogP contribution is -2.30. The number of benzene rings is 1. The predicted octanol–water partition coefficient (Wildman–Crippen LogP) is 1.61. The molecule has 0 spiro atoms. The summed E-state index contributed by atoms with van der Waals surface area (Å²) in [5, 5.41) is 2.94. The van der Waals surface area contributed by atoms with Crippen LogP contribution in [0.1, 0.15) is 6.42 Å². The van der Waals surface area contributed by atoms with Gasteiger partial charge in [-0.3, -0.25) is 4.79 Å². The number of nitrogens with zero attached hydrogens (tertiary/aromatic N) is 2. The molecule has 0 aliphatic carbocycles. The van der Waals surface area contributed by atoms with Gasteiger partial charge in [-0.2, -0.15) is 4.98 Å². The maximum atomic E-state index is 13.0. The normalized spacial score (nSPS) is 19.8. The summed E-state index contributed by atoms with van der Waals surface area (Å²) in [6.45, 7) is 0.714. The zero-order valence-corrected chi connectivity index (χ0v) is 9.81. The molecule has 1 saturated heterocycles. The van der Waals surface area contributed by atoms with E-state index >= 15 is 0 Å². The number of anilines is 1. The summed E-state index contributed by atoms with van der Waals surface area (Å²) < 4.78 is 18.4. The Bertz CT molecular complexity index is 610. The number of amides is 1. The third-order valence-corrected chi connectivity index (χ3v) is 3.07. The highest BCUT2D eigenvalue weighted by molar-refractivity contribution is 5.86. The van der Waals surface area contributed by atoms with Crippen molar-refractivity contribution in [3.63, 3.8) is 0 Å². The predicted molar refractivity (Wildman–Crippen MR) is 63.6 cm³/mol. The van der Waals surface area contributed by atoms with Crippen LogP contribution in [-0.4, -0.2) is 35.4 Å². The Hall–Kier alpha value is -2.11. The number of halogens is 1. The van der Waals surface area contributed by atoms with Crippen LogP contribution in [0.25, 0.3) is 11.1 Å². The van der Waals surface area contributed by atoms with Crippen LogP contribution in [0.4, 0.5) is 10.4 Å². The molecule has 94 valence electrons. The lowest BCUT2D eigenvalue weighted by molar-refractivity contribution is -0.127. The van der Waals surface area contributed by atoms with E-state index in [0.29, 0.717) is 24.1 Å². The van der Waals surface area contributed by atoms with E-state index < -0.39 is 0 Å². The number of likely N-dealkylation sites (N-methyl/N-ethyl adjacent to an activating group) is 1. The van der Waals surface area contributed by atoms with Crippen molar-refractivity contribution in [1.82, 2.24) is 9.88 Å². The first-order valence-corrected chi connectivity index (χ1v) is 5.71. The van der Waals surface area contributed by atoms with Gasteiger partial charge >= 0.3 is 0 Å². The number of rotatable bonds is 2. The molecule has 5 nitrogen and oxygen atoms in total. The molecule has 1 aliphatic heterocycles. The van der Waals surface area contributed by atoms with E-state index in [-0.39, 0.29) is 23.8 Å². The smallest absolute Gasteiger partial charge is 0.296 e. The van der Waals surface area contributed by atoms with Crippen molar-refractivity contribution < 1.29 is 13.6 Å². The van der Waals surface area contributed by atoms with E-state index in [1.165, 1.54) is 18.2 Å². The minimum Gasteiger partial charge on any atom is -0.424 e. The van der Waals surface area contributed by atoms with Crippen LogP contribution in [0.5, 0.6) is 0 Å². The molecule has 1 N–H and O–H groups in total. The maximum Gasteiger partial charge on any atom is 0.296 e. The van der Waals surface area contributed by atoms with Crippen molar-refractivity contribution in [2.75, 3.05) is 18.9 Å². The van der Waals surface area contributed by atoms with Crippen molar-refractivity contribution in [1.29, 1.82) is 0 Å². The summed E-state index contributed by atoms with van der Waals surface area (Å²) in [6.07, 6.45) is 0.711. The second-order valence-corrected chi connectivity index (χ2v) is 4.38. The molecule has 1 unspecified atom stereocenters. The minimum atomic E-state index is -0.362. The molecule has 6 heteroatoms. The van der Waals surface area contributed by atoms with Crippen molar-refractivity contribution in [3.05, 3.63) is 24.0 Å². The van der Waals surface area contributed by atoms with E-state index in [1.807, 2.05) is 0 Å². The number of nitrogens with one attached hydrogen (secondary N) is 1. The number of oxazole rings is 1. The first-order chi connectivity index (χ1) is 8.63. The lowest BCUT2D eigenvalue weighted by atomic mass is 10.2. The average molecular weight is 249 g/mol. The van der Waals surface area contributed by atoms with E-state index in [2.05, 4.69) is 10.3 Å². The molecule has 2 aromatic rings. The molecule has 3 rings (SSSR count). The molecule has 1 fully saturated rings. The zero-order chi connectivity index (χ0) is 12.7. The van der Waals surface area contributed by atoms with Gasteiger partial charge in [0, 0.05) is 19.7 Å². The molecular formula is C12H12FN3O2. The largest absolute Gasteiger partial charge is 0.424 e. The number of hydrogen-bond donors (Lipinski definition) is 1. The number of aromatic nitrogens is 1. The zero-order valence-electron chi connectivity index (χ0n) is 9.81. The summed E-state index contributed by atoms with van der Waals surface area (Å²) in [5.41, 5.74) is 0.939. The van der Waals surface area contributed by atoms with E-state index in [1.54, 1.807) is 11.9 Å². The first-order valence-electron chi connectivity index (χ1n) is 5.71. The third-order valence-electron chi connectivity index (χ3n) is 3.07. The molecule has 1 aromatic heterocycles. The Balaban J connectivity index is 1.85. The SMILES string of the molecule is CN1CCC(Nc2nc3cc(F)ccc3o2)C1=O. The van der Waals surface area contributed by atoms with Crippen molar-refractivity contribution >= 4 is 23.0 Å². The van der Waals surface area contributed by atoms with Crippen LogP contribution < -0.4 is 5.32 Å². The number of carbonyl (C=O) groups is 1. The maximum absolute atomic E-state index is 13.0. The Kier molecular flexibility index (Phi) is 2.43. The van der Waals surface area contributed by atoms with Crippen LogP contribution in [0.3, 0.4) is 0 Å². The molecule has 18 heavy (non-hydrogen) atoms. The van der Waals surface area contributed by atoms with E-state index in [9.17, 15) is 9.18 Å². The summed E-state index contributed by atoms with van der Waals surface area (Å²) >= 11 is 0. The Morgan fingerprint density at radius 1 is 1.56 bits per heavy atom. The van der Waals surface area contributed by atoms with Gasteiger partial charge in [0.2, 0.25) is 5.91 Å². The molecule has 0 bridgehead atoms. The van der Waals surface area contributed by atoms with Crippen LogP contribution in [0.15, 0.2) is 22.6 Å². The quantitative estimate of drug-likeness (QED) is 0.878. The van der Waals surface area contributed by atoms with Gasteiger partial charge in [-0.15, -0.1) is 0 Å². The molecule has 0 saturated carbocycles. The fourth-order valence-electron chi connectivity index (χ4n) is 2.07. The summed E-state index contributed by atoms with van der Waals surface area (Å²) in [5.74, 6) is -0.345. The average Bonchev–Trinajstić information content (AvgIpc) is 2.86. The van der Waals surface area contributed by atoms with Gasteiger partial charge in [0.25, 0.3) is 6.01 Å². The minimum absolute atomic E-state index is 0.0171. The van der Waals surface area contributed by atoms with Crippen molar-refractivity contribution in [2.45, 2.75) is 12.5 Å². The third kappa shape index (κ3) is 1.79. The molecule has 0 radical (unpaired) electrons. The fourth-order valence-corrected chi connectivity index (χ4v) is 2.07. The summed E-state index contributed by atoms with van der Waals surface area (Å²) in [7, 11) is 1.76. The van der Waals surface area contributed by atoms with Gasteiger partial charge in [0.05, 0.1) is 0 Å². The summed E-state index contributed by atoms with van der Waals surface area (Å²) in [4.78, 5) is 17.5. The van der Waals surface area contributed by atoms with Gasteiger partial charge in [-0.1, -0.05) is 0 Å². The second-order valence-electron chi connectivity index (χ2n) is 4.38. The molecule has 1 atom stereocenters. The number of fused-ring (bicyclic) bond motifs is 1. The lowest BCUT2D eigenvalue weighted by Gasteiger charge is -2.09. The standard InChI is InChI=1S/C12H12FN3O2/c1-16-5-4-8(11(16)17)14-12-15-9-6-7(13)2-3-10(9)18-12/h2-3,6,8H,4-5H2,1H3,(H,14,15). The van der Waals surface area contributed by atoms with E-state index in [4.69, 9.17) is 4.42 Å². The molecule has 1 amide bonds. The Morgan fingerprint density at radius 2 is 2.39 bits per heavy atom. The van der Waals surface area contributed by atoms with Gasteiger partial charge in [-0.25, -0.2) is 4.39 Å². The van der Waals surface area contributed by atoms with Gasteiger partial charge in [0.15, 0.2) is 5.58 Å². The monoisotopic (exact) mass is 249 g/mol. The Labute approximate surface area is 103 Å². The topological polar surface area (TPSA) is 58.4 Å². The van der Waals surface area contributed by atoms with Crippen molar-refractivity contribution in [3.8, 4) is 0 Å². The van der Waals surface area contributed by atoms with Crippen LogP contribution in [0.2, 0.25) is 0 Å². The van der Waals surface area contributed by atoms with Gasteiger partial charge < -0.3 is 14.6 Å². The second kappa shape index (κ2) is 3.97. The van der Waals surface area contributed by atoms with Crippen molar-refractivity contribution in [2.24, 2.45) is 0 Å². The molecule has 1 aliphatic rings. The highest BCUT2D eigenvalue weighted by Crippen LogP contribution is 2.22.